The fraction of sp³-hybridized carbons (Fsp3) is 0.250. The summed E-state index contributed by atoms with van der Waals surface area (Å²) in [7, 11) is 2.89. The molecule has 1 rings (SSSR count). The number of hydrogen-bond donors (Lipinski definition) is 1. The highest BCUT2D eigenvalue weighted by Gasteiger charge is 1.95. The standard InChI is InChI=1S/C7H8O2.C5H8O2/c1-9-7-4-2-3-6(8)5-7;1-4(2)5(6)7-3/h2-5,8H,1H3;1H2,2-3H3. The highest BCUT2D eigenvalue weighted by atomic mass is 16.5. The Morgan fingerprint density at radius 1 is 1.38 bits per heavy atom. The average Bonchev–Trinajstić information content (AvgIpc) is 2.28. The van der Waals surface area contributed by atoms with Crippen LogP contribution in [0.1, 0.15) is 6.92 Å². The number of carbonyl (C=O) groups excluding carboxylic acids is 1. The summed E-state index contributed by atoms with van der Waals surface area (Å²) < 4.78 is 9.11. The third kappa shape index (κ3) is 5.70. The Balaban J connectivity index is 0.000000293. The van der Waals surface area contributed by atoms with Gasteiger partial charge in [0.2, 0.25) is 0 Å². The van der Waals surface area contributed by atoms with Crippen molar-refractivity contribution in [3.05, 3.63) is 36.4 Å². The molecule has 0 unspecified atom stereocenters. The van der Waals surface area contributed by atoms with E-state index in [1.165, 1.54) is 7.11 Å². The minimum absolute atomic E-state index is 0.231. The molecule has 0 aromatic heterocycles. The number of methoxy groups -OCH3 is 2. The van der Waals surface area contributed by atoms with Crippen LogP contribution in [0.3, 0.4) is 0 Å². The van der Waals surface area contributed by atoms with E-state index in [0.29, 0.717) is 11.3 Å². The molecule has 0 saturated heterocycles. The lowest BCUT2D eigenvalue weighted by Crippen LogP contribution is -1.98. The van der Waals surface area contributed by atoms with Crippen LogP contribution in [0.15, 0.2) is 36.4 Å². The van der Waals surface area contributed by atoms with Gasteiger partial charge in [-0.25, -0.2) is 4.79 Å². The predicted octanol–water partition coefficient (Wildman–Crippen LogP) is 2.14. The van der Waals surface area contributed by atoms with Gasteiger partial charge in [0.05, 0.1) is 14.2 Å². The molecule has 0 bridgehead atoms. The highest BCUT2D eigenvalue weighted by Crippen LogP contribution is 2.16. The maximum absolute atomic E-state index is 10.2. The van der Waals surface area contributed by atoms with Crippen molar-refractivity contribution in [3.8, 4) is 11.5 Å². The van der Waals surface area contributed by atoms with Crippen LogP contribution in [0.5, 0.6) is 11.5 Å². The van der Waals surface area contributed by atoms with Crippen molar-refractivity contribution in [1.82, 2.24) is 0 Å². The van der Waals surface area contributed by atoms with Gasteiger partial charge in [-0.3, -0.25) is 0 Å². The Morgan fingerprint density at radius 2 is 2.00 bits per heavy atom. The topological polar surface area (TPSA) is 55.8 Å². The van der Waals surface area contributed by atoms with Crippen LogP contribution in [0, 0.1) is 0 Å². The molecule has 4 nitrogen and oxygen atoms in total. The first kappa shape index (κ1) is 14.0. The molecule has 16 heavy (non-hydrogen) atoms. The van der Waals surface area contributed by atoms with Crippen LogP contribution in [-0.4, -0.2) is 25.3 Å². The second-order valence-electron chi connectivity index (χ2n) is 2.97. The fourth-order valence-corrected chi connectivity index (χ4v) is 0.785. The molecule has 0 saturated carbocycles. The largest absolute Gasteiger partial charge is 0.508 e. The Hall–Kier alpha value is -1.97. The van der Waals surface area contributed by atoms with E-state index < -0.39 is 0 Å². The van der Waals surface area contributed by atoms with Crippen molar-refractivity contribution >= 4 is 5.97 Å². The lowest BCUT2D eigenvalue weighted by molar-refractivity contribution is -0.136. The third-order valence-corrected chi connectivity index (χ3v) is 1.59. The quantitative estimate of drug-likeness (QED) is 0.617. The minimum atomic E-state index is -0.347. The van der Waals surface area contributed by atoms with Crippen molar-refractivity contribution < 1.29 is 19.4 Å². The third-order valence-electron chi connectivity index (χ3n) is 1.59. The van der Waals surface area contributed by atoms with Gasteiger partial charge in [-0.15, -0.1) is 0 Å². The van der Waals surface area contributed by atoms with Crippen LogP contribution in [0.4, 0.5) is 0 Å². The summed E-state index contributed by atoms with van der Waals surface area (Å²) in [5, 5.41) is 8.86. The van der Waals surface area contributed by atoms with E-state index in [0.717, 1.165) is 0 Å². The molecule has 4 heteroatoms. The van der Waals surface area contributed by atoms with Crippen LogP contribution >= 0.6 is 0 Å². The molecule has 0 atom stereocenters. The summed E-state index contributed by atoms with van der Waals surface area (Å²) in [6.07, 6.45) is 0. The monoisotopic (exact) mass is 224 g/mol. The molecular formula is C12H16O4. The summed E-state index contributed by atoms with van der Waals surface area (Å²) in [5.74, 6) is 0.560. The smallest absolute Gasteiger partial charge is 0.332 e. The molecule has 0 spiro atoms. The van der Waals surface area contributed by atoms with Crippen molar-refractivity contribution in [2.75, 3.05) is 14.2 Å². The molecule has 88 valence electrons. The maximum atomic E-state index is 10.2. The van der Waals surface area contributed by atoms with Crippen LogP contribution in [-0.2, 0) is 9.53 Å². The van der Waals surface area contributed by atoms with E-state index in [9.17, 15) is 4.79 Å². The highest BCUT2D eigenvalue weighted by molar-refractivity contribution is 5.86. The van der Waals surface area contributed by atoms with E-state index in [1.807, 2.05) is 0 Å². The zero-order valence-corrected chi connectivity index (χ0v) is 9.69. The summed E-state index contributed by atoms with van der Waals surface area (Å²) in [6, 6.07) is 6.66. The summed E-state index contributed by atoms with van der Waals surface area (Å²) in [5.41, 5.74) is 0.433. The molecule has 0 radical (unpaired) electrons. The maximum Gasteiger partial charge on any atom is 0.332 e. The predicted molar refractivity (Wildman–Crippen MR) is 61.5 cm³/mol. The van der Waals surface area contributed by atoms with E-state index in [-0.39, 0.29) is 11.7 Å². The number of benzene rings is 1. The van der Waals surface area contributed by atoms with Gasteiger partial charge in [0, 0.05) is 11.6 Å². The number of hydrogen-bond acceptors (Lipinski definition) is 4. The summed E-state index contributed by atoms with van der Waals surface area (Å²) in [4.78, 5) is 10.2. The average molecular weight is 224 g/mol. The van der Waals surface area contributed by atoms with Gasteiger partial charge in [-0.1, -0.05) is 12.6 Å². The Morgan fingerprint density at radius 3 is 2.25 bits per heavy atom. The molecule has 1 aromatic carbocycles. The van der Waals surface area contributed by atoms with E-state index >= 15 is 0 Å². The first-order valence-corrected chi connectivity index (χ1v) is 4.58. The van der Waals surface area contributed by atoms with Crippen LogP contribution < -0.4 is 4.74 Å². The van der Waals surface area contributed by atoms with Gasteiger partial charge < -0.3 is 14.6 Å². The van der Waals surface area contributed by atoms with Gasteiger partial charge in [0.25, 0.3) is 0 Å². The fourth-order valence-electron chi connectivity index (χ4n) is 0.785. The summed E-state index contributed by atoms with van der Waals surface area (Å²) >= 11 is 0. The second kappa shape index (κ2) is 7.34. The number of ether oxygens (including phenoxy) is 2. The summed E-state index contributed by atoms with van der Waals surface area (Å²) in [6.45, 7) is 4.95. The number of aromatic hydroxyl groups is 1. The van der Waals surface area contributed by atoms with Gasteiger partial charge >= 0.3 is 5.97 Å². The number of phenolic OH excluding ortho intramolecular Hbond substituents is 1. The van der Waals surface area contributed by atoms with Crippen molar-refractivity contribution in [3.63, 3.8) is 0 Å². The second-order valence-corrected chi connectivity index (χ2v) is 2.97. The number of carbonyl (C=O) groups is 1. The molecule has 0 heterocycles. The molecule has 0 fully saturated rings. The van der Waals surface area contributed by atoms with Gasteiger partial charge in [-0.2, -0.15) is 0 Å². The van der Waals surface area contributed by atoms with Gasteiger partial charge in [0.1, 0.15) is 11.5 Å². The minimum Gasteiger partial charge on any atom is -0.508 e. The first-order chi connectivity index (χ1) is 7.51. The molecule has 0 aliphatic carbocycles. The molecule has 1 N–H and O–H groups in total. The Labute approximate surface area is 95.1 Å². The zero-order chi connectivity index (χ0) is 12.6. The normalized spacial score (nSPS) is 8.44. The molecule has 0 amide bonds. The van der Waals surface area contributed by atoms with E-state index in [4.69, 9.17) is 9.84 Å². The Kier molecular flexibility index (Phi) is 6.43. The van der Waals surface area contributed by atoms with Crippen LogP contribution in [0.25, 0.3) is 0 Å². The van der Waals surface area contributed by atoms with Gasteiger partial charge in [0.15, 0.2) is 0 Å². The van der Waals surface area contributed by atoms with E-state index in [1.54, 1.807) is 38.3 Å². The lowest BCUT2D eigenvalue weighted by Gasteiger charge is -1.97. The molecule has 0 aliphatic heterocycles. The molecule has 1 aromatic rings. The number of phenols is 1. The lowest BCUT2D eigenvalue weighted by atomic mass is 10.3. The number of esters is 1. The first-order valence-electron chi connectivity index (χ1n) is 4.58. The zero-order valence-electron chi connectivity index (χ0n) is 9.69. The van der Waals surface area contributed by atoms with Crippen molar-refractivity contribution in [1.29, 1.82) is 0 Å². The molecular weight excluding hydrogens is 208 g/mol. The van der Waals surface area contributed by atoms with E-state index in [2.05, 4.69) is 11.3 Å². The Bertz CT molecular complexity index is 358. The molecule has 0 aliphatic rings. The van der Waals surface area contributed by atoms with Crippen molar-refractivity contribution in [2.24, 2.45) is 0 Å². The van der Waals surface area contributed by atoms with Crippen LogP contribution in [0.2, 0.25) is 0 Å². The number of rotatable bonds is 2. The van der Waals surface area contributed by atoms with Crippen molar-refractivity contribution in [2.45, 2.75) is 6.92 Å². The van der Waals surface area contributed by atoms with Gasteiger partial charge in [-0.05, 0) is 19.1 Å². The SMILES string of the molecule is C=C(C)C(=O)OC.COc1cccc(O)c1.